The van der Waals surface area contributed by atoms with Crippen molar-refractivity contribution in [2.24, 2.45) is 5.84 Å². The van der Waals surface area contributed by atoms with E-state index >= 15 is 0 Å². The van der Waals surface area contributed by atoms with Gasteiger partial charge in [-0.3, -0.25) is 19.9 Å². The average molecular weight is 262 g/mol. The predicted molar refractivity (Wildman–Crippen MR) is 69.4 cm³/mol. The number of nitrogens with one attached hydrogen (secondary N) is 2. The second-order valence-electron chi connectivity index (χ2n) is 4.97. The quantitative estimate of drug-likeness (QED) is 0.209. The molecule has 0 radical (unpaired) electrons. The number of piperidine rings is 1. The van der Waals surface area contributed by atoms with Gasteiger partial charge in [-0.2, -0.15) is 0 Å². The normalized spacial score (nSPS) is 24.6. The van der Waals surface area contributed by atoms with E-state index in [0.717, 1.165) is 12.8 Å². The van der Waals surface area contributed by atoms with Crippen molar-refractivity contribution in [1.82, 2.24) is 15.6 Å². The van der Waals surface area contributed by atoms with Gasteiger partial charge in [0.25, 0.3) is 0 Å². The molecule has 1 aliphatic heterocycles. The fourth-order valence-electron chi connectivity index (χ4n) is 2.40. The third kappa shape index (κ3) is 4.62. The van der Waals surface area contributed by atoms with Crippen molar-refractivity contribution in [3.8, 4) is 0 Å². The Morgan fingerprint density at radius 2 is 1.83 bits per heavy atom. The highest BCUT2D eigenvalue weighted by Crippen LogP contribution is 2.21. The Morgan fingerprint density at radius 1 is 1.22 bits per heavy atom. The Morgan fingerprint density at radius 3 is 2.39 bits per heavy atom. The lowest BCUT2D eigenvalue weighted by molar-refractivity contribution is -0.124. The summed E-state index contributed by atoms with van der Waals surface area (Å²) in [5, 5.41) is 2.74. The molecule has 0 unspecified atom stereocenters. The van der Waals surface area contributed by atoms with Gasteiger partial charge in [0.15, 0.2) is 0 Å². The van der Waals surface area contributed by atoms with Crippen LogP contribution in [0.15, 0.2) is 0 Å². The summed E-state index contributed by atoms with van der Waals surface area (Å²) in [6.45, 7) is 5.06. The van der Waals surface area contributed by atoms with E-state index in [1.54, 1.807) is 0 Å². The predicted octanol–water partition coefficient (Wildman–Crippen LogP) is -0.254. The molecule has 1 fully saturated rings. The topological polar surface area (TPSA) is 87.5 Å². The third-order valence-corrected chi connectivity index (χ3v) is 3.54. The molecule has 104 valence electrons. The Bertz CT molecular complexity index is 286. The van der Waals surface area contributed by atoms with E-state index in [-0.39, 0.29) is 18.2 Å². The van der Waals surface area contributed by atoms with Crippen molar-refractivity contribution >= 4 is 11.8 Å². The minimum Gasteiger partial charge on any atom is -0.354 e. The molecule has 1 heterocycles. The first-order chi connectivity index (χ1) is 8.54. The molecule has 4 N–H and O–H groups in total. The number of likely N-dealkylation sites (tertiary alicyclic amines) is 1. The molecule has 2 atom stereocenters. The van der Waals surface area contributed by atoms with Gasteiger partial charge in [0.2, 0.25) is 11.8 Å². The summed E-state index contributed by atoms with van der Waals surface area (Å²) in [6.07, 6.45) is 3.74. The molecule has 0 aromatic rings. The van der Waals surface area contributed by atoms with Crippen molar-refractivity contribution in [2.75, 3.05) is 13.1 Å². The van der Waals surface area contributed by atoms with Crippen LogP contribution in [0.1, 0.15) is 39.5 Å². The molecular weight excluding hydrogens is 238 g/mol. The van der Waals surface area contributed by atoms with Crippen LogP contribution < -0.4 is 16.6 Å². The second kappa shape index (κ2) is 7.33. The molecule has 1 aliphatic rings. The summed E-state index contributed by atoms with van der Waals surface area (Å²) in [5.74, 6) is 4.66. The molecule has 0 saturated carbocycles. The molecule has 1 rings (SSSR count). The number of carbonyl (C=O) groups is 2. The summed E-state index contributed by atoms with van der Waals surface area (Å²) < 4.78 is 0. The Kier molecular flexibility index (Phi) is 6.07. The van der Waals surface area contributed by atoms with Crippen molar-refractivity contribution in [1.29, 1.82) is 0 Å². The van der Waals surface area contributed by atoms with Crippen molar-refractivity contribution in [2.45, 2.75) is 51.6 Å². The average Bonchev–Trinajstić information content (AvgIpc) is 2.34. The SMILES string of the molecule is C[C@@H]1CCC[C@H](C)[15N]1C[13C](=O)[15NH][13CH2][13CH2][13C](=O)NN. The van der Waals surface area contributed by atoms with E-state index < -0.39 is 0 Å². The van der Waals surface area contributed by atoms with Crippen LogP contribution in [0.3, 0.4) is 0 Å². The van der Waals surface area contributed by atoms with Gasteiger partial charge < -0.3 is 5.32 Å². The number of amides is 2. The lowest BCUT2D eigenvalue weighted by Crippen LogP contribution is -2.49. The van der Waals surface area contributed by atoms with Crippen LogP contribution in [-0.4, -0.2) is 41.9 Å². The molecule has 0 aromatic carbocycles. The minimum atomic E-state index is -0.269. The molecule has 0 spiro atoms. The van der Waals surface area contributed by atoms with E-state index in [1.807, 2.05) is 5.43 Å². The number of hydrogen-bond donors (Lipinski definition) is 3. The molecule has 1 saturated heterocycles. The molecular formula is C12H24N4O2. The first-order valence-electron chi connectivity index (χ1n) is 6.56. The zero-order valence-corrected chi connectivity index (χ0v) is 11.2. The van der Waals surface area contributed by atoms with E-state index in [2.05, 4.69) is 24.1 Å². The van der Waals surface area contributed by atoms with Crippen LogP contribution in [0.25, 0.3) is 0 Å². The van der Waals surface area contributed by atoms with Gasteiger partial charge in [-0.05, 0) is 26.7 Å². The number of nitrogens with zero attached hydrogens (tertiary/aromatic N) is 1. The molecule has 6 nitrogen and oxygen atoms in total. The molecule has 0 aliphatic carbocycles. The van der Waals surface area contributed by atoms with Crippen LogP contribution in [-0.2, 0) is 9.59 Å². The molecule has 0 bridgehead atoms. The van der Waals surface area contributed by atoms with Gasteiger partial charge in [0.1, 0.15) is 0 Å². The van der Waals surface area contributed by atoms with Crippen LogP contribution in [0.5, 0.6) is 0 Å². The number of hydrogen-bond acceptors (Lipinski definition) is 4. The van der Waals surface area contributed by atoms with Crippen molar-refractivity contribution in [3.05, 3.63) is 0 Å². The summed E-state index contributed by atoms with van der Waals surface area (Å²) in [7, 11) is 0. The standard InChI is InChI=1S/C12H24N4O2/c1-9-4-3-5-10(2)16(9)8-12(18)14-7-6-11(17)15-13/h9-10H,3-8,13H2,1-2H3,(H,14,18)(H,15,17)/t9-,10+/i6+1,7+1,11+1,12+1,14+1,16+1. The molecule has 0 aromatic heterocycles. The Labute approximate surface area is 108 Å². The first-order valence-corrected chi connectivity index (χ1v) is 6.56. The van der Waals surface area contributed by atoms with E-state index in [1.165, 1.54) is 6.42 Å². The number of nitrogens with two attached hydrogens (primary N) is 1. The van der Waals surface area contributed by atoms with Crippen LogP contribution >= 0.6 is 0 Å². The summed E-state index contributed by atoms with van der Waals surface area (Å²) in [4.78, 5) is 24.9. The number of hydrazine groups is 1. The monoisotopic (exact) mass is 262 g/mol. The fraction of sp³-hybridized carbons (Fsp3) is 0.833. The van der Waals surface area contributed by atoms with Crippen molar-refractivity contribution < 1.29 is 9.59 Å². The molecule has 18 heavy (non-hydrogen) atoms. The highest BCUT2D eigenvalue weighted by Gasteiger charge is 2.26. The molecule has 2 amide bonds. The van der Waals surface area contributed by atoms with E-state index in [0.29, 0.717) is 25.2 Å². The summed E-state index contributed by atoms with van der Waals surface area (Å²) in [5.41, 5.74) is 2.03. The Balaban J connectivity index is 2.28. The number of carbonyl (C=O) groups excluding carboxylic acids is 2. The zero-order valence-electron chi connectivity index (χ0n) is 11.2. The smallest absolute Gasteiger partial charge is 0.235 e. The maximum absolute atomic E-state index is 11.8. The van der Waals surface area contributed by atoms with E-state index in [9.17, 15) is 9.59 Å². The van der Waals surface area contributed by atoms with Gasteiger partial charge >= 0.3 is 0 Å². The summed E-state index contributed by atoms with van der Waals surface area (Å²) >= 11 is 0. The second-order valence-corrected chi connectivity index (χ2v) is 4.97. The Hall–Kier alpha value is -1.14. The molecule has 6 heteroatoms. The lowest BCUT2D eigenvalue weighted by Gasteiger charge is -2.38. The number of rotatable bonds is 5. The third-order valence-electron chi connectivity index (χ3n) is 3.54. The lowest BCUT2D eigenvalue weighted by atomic mass is 10.0. The summed E-state index contributed by atoms with van der Waals surface area (Å²) in [6, 6.07) is 0.902. The highest BCUT2D eigenvalue weighted by molar-refractivity contribution is 5.79. The van der Waals surface area contributed by atoms with Gasteiger partial charge in [-0.15, -0.1) is 0 Å². The van der Waals surface area contributed by atoms with Crippen LogP contribution in [0.2, 0.25) is 0 Å². The van der Waals surface area contributed by atoms with Crippen LogP contribution in [0, 0.1) is 0 Å². The maximum Gasteiger partial charge on any atom is 0.235 e. The van der Waals surface area contributed by atoms with E-state index in [4.69, 9.17) is 5.84 Å². The van der Waals surface area contributed by atoms with Gasteiger partial charge in [0, 0.05) is 25.0 Å². The highest BCUT2D eigenvalue weighted by atomic mass is 16.3. The maximum atomic E-state index is 11.8. The van der Waals surface area contributed by atoms with Gasteiger partial charge in [-0.25, -0.2) is 5.84 Å². The van der Waals surface area contributed by atoms with Crippen molar-refractivity contribution in [3.63, 3.8) is 0 Å². The van der Waals surface area contributed by atoms with Gasteiger partial charge in [0.05, 0.1) is 6.54 Å². The van der Waals surface area contributed by atoms with Gasteiger partial charge in [-0.1, -0.05) is 6.42 Å². The zero-order chi connectivity index (χ0) is 13.5. The fourth-order valence-corrected chi connectivity index (χ4v) is 2.40. The minimum absolute atomic E-state index is 0.0274. The van der Waals surface area contributed by atoms with Crippen LogP contribution in [0.4, 0.5) is 0 Å². The first kappa shape index (κ1) is 14.9. The largest absolute Gasteiger partial charge is 0.354 e.